The van der Waals surface area contributed by atoms with Gasteiger partial charge in [0.2, 0.25) is 5.91 Å². The molecule has 0 spiro atoms. The van der Waals surface area contributed by atoms with Crippen LogP contribution in [-0.2, 0) is 4.79 Å². The molecule has 4 nitrogen and oxygen atoms in total. The zero-order valence-corrected chi connectivity index (χ0v) is 16.9. The molecule has 0 aromatic heterocycles. The van der Waals surface area contributed by atoms with Crippen molar-refractivity contribution in [1.29, 1.82) is 0 Å². The molecule has 0 saturated heterocycles. The Labute approximate surface area is 166 Å². The summed E-state index contributed by atoms with van der Waals surface area (Å²) in [6, 6.07) is 16.0. The molecule has 1 fully saturated rings. The Bertz CT molecular complexity index is 757. The number of nitrogens with zero attached hydrogens (tertiary/aromatic N) is 1. The van der Waals surface area contributed by atoms with E-state index in [9.17, 15) is 4.79 Å². The second-order valence-electron chi connectivity index (χ2n) is 7.20. The van der Waals surface area contributed by atoms with Crippen LogP contribution < -0.4 is 10.1 Å². The quantitative estimate of drug-likeness (QED) is 0.720. The van der Waals surface area contributed by atoms with E-state index in [1.165, 1.54) is 18.4 Å². The highest BCUT2D eigenvalue weighted by Crippen LogP contribution is 2.41. The van der Waals surface area contributed by atoms with Gasteiger partial charge in [0.1, 0.15) is 5.75 Å². The SMILES string of the molecule is COc1ccc(C(NCC(=O)N(C)C(C)c2ccc(Cl)cc2)C2CC2)cc1. The number of rotatable bonds is 8. The molecule has 5 heteroatoms. The van der Waals surface area contributed by atoms with Crippen molar-refractivity contribution in [2.24, 2.45) is 5.92 Å². The van der Waals surface area contributed by atoms with Gasteiger partial charge in [0.15, 0.2) is 0 Å². The first-order valence-electron chi connectivity index (χ1n) is 9.38. The molecule has 2 aromatic carbocycles. The zero-order valence-electron chi connectivity index (χ0n) is 16.1. The Balaban J connectivity index is 1.60. The van der Waals surface area contributed by atoms with Gasteiger partial charge in [0, 0.05) is 18.1 Å². The lowest BCUT2D eigenvalue weighted by Crippen LogP contribution is -2.38. The maximum absolute atomic E-state index is 12.7. The molecule has 1 aliphatic carbocycles. The summed E-state index contributed by atoms with van der Waals surface area (Å²) in [6.45, 7) is 2.35. The van der Waals surface area contributed by atoms with Gasteiger partial charge >= 0.3 is 0 Å². The molecule has 1 saturated carbocycles. The summed E-state index contributed by atoms with van der Waals surface area (Å²) in [5, 5.41) is 4.18. The molecule has 0 aliphatic heterocycles. The smallest absolute Gasteiger partial charge is 0.236 e. The molecular formula is C22H27ClN2O2. The van der Waals surface area contributed by atoms with Crippen molar-refractivity contribution in [2.45, 2.75) is 31.8 Å². The van der Waals surface area contributed by atoms with Crippen molar-refractivity contribution in [3.63, 3.8) is 0 Å². The Kier molecular flexibility index (Phi) is 6.40. The maximum atomic E-state index is 12.7. The first-order valence-corrected chi connectivity index (χ1v) is 9.76. The first-order chi connectivity index (χ1) is 13.0. The van der Waals surface area contributed by atoms with E-state index in [1.54, 1.807) is 12.0 Å². The number of likely N-dealkylation sites (N-methyl/N-ethyl adjacent to an activating group) is 1. The van der Waals surface area contributed by atoms with Crippen LogP contribution >= 0.6 is 11.6 Å². The summed E-state index contributed by atoms with van der Waals surface area (Å²) >= 11 is 5.96. The highest BCUT2D eigenvalue weighted by atomic mass is 35.5. The van der Waals surface area contributed by atoms with Gasteiger partial charge in [0.05, 0.1) is 19.7 Å². The van der Waals surface area contributed by atoms with Gasteiger partial charge in [-0.15, -0.1) is 0 Å². The van der Waals surface area contributed by atoms with E-state index in [-0.39, 0.29) is 18.0 Å². The lowest BCUT2D eigenvalue weighted by molar-refractivity contribution is -0.131. The highest BCUT2D eigenvalue weighted by Gasteiger charge is 2.32. The summed E-state index contributed by atoms with van der Waals surface area (Å²) in [7, 11) is 3.52. The molecule has 1 aliphatic rings. The highest BCUT2D eigenvalue weighted by molar-refractivity contribution is 6.30. The second-order valence-corrected chi connectivity index (χ2v) is 7.64. The molecule has 2 unspecified atom stereocenters. The lowest BCUT2D eigenvalue weighted by atomic mass is 10.0. The van der Waals surface area contributed by atoms with Crippen LogP contribution in [0, 0.1) is 5.92 Å². The largest absolute Gasteiger partial charge is 0.497 e. The molecule has 3 rings (SSSR count). The van der Waals surface area contributed by atoms with Crippen LogP contribution in [0.15, 0.2) is 48.5 Å². The van der Waals surface area contributed by atoms with E-state index >= 15 is 0 Å². The van der Waals surface area contributed by atoms with Gasteiger partial charge in [0.25, 0.3) is 0 Å². The molecular weight excluding hydrogens is 360 g/mol. The number of halogens is 1. The average Bonchev–Trinajstić information content (AvgIpc) is 3.53. The van der Waals surface area contributed by atoms with Gasteiger partial charge in [-0.25, -0.2) is 0 Å². The summed E-state index contributed by atoms with van der Waals surface area (Å²) in [5.41, 5.74) is 2.28. The summed E-state index contributed by atoms with van der Waals surface area (Å²) < 4.78 is 5.24. The Morgan fingerprint density at radius 2 is 1.74 bits per heavy atom. The predicted molar refractivity (Wildman–Crippen MR) is 109 cm³/mol. The number of hydrogen-bond acceptors (Lipinski definition) is 3. The number of carbonyl (C=O) groups is 1. The van der Waals surface area contributed by atoms with Crippen molar-refractivity contribution in [3.8, 4) is 5.75 Å². The van der Waals surface area contributed by atoms with E-state index in [1.807, 2.05) is 50.4 Å². The standard InChI is InChI=1S/C22H27ClN2O2/c1-15(16-6-10-19(23)11-7-16)25(2)21(26)14-24-22(17-4-5-17)18-8-12-20(27-3)13-9-18/h6-13,15,17,22,24H,4-5,14H2,1-3H3. The minimum atomic E-state index is -0.00284. The Morgan fingerprint density at radius 3 is 2.30 bits per heavy atom. The van der Waals surface area contributed by atoms with Gasteiger partial charge in [-0.05, 0) is 61.1 Å². The van der Waals surface area contributed by atoms with E-state index in [0.717, 1.165) is 11.3 Å². The number of amides is 1. The predicted octanol–water partition coefficient (Wildman–Crippen LogP) is 4.61. The number of ether oxygens (including phenoxy) is 1. The van der Waals surface area contributed by atoms with Crippen LogP contribution in [0.5, 0.6) is 5.75 Å². The molecule has 0 radical (unpaired) electrons. The van der Waals surface area contributed by atoms with Gasteiger partial charge in [-0.3, -0.25) is 4.79 Å². The van der Waals surface area contributed by atoms with E-state index < -0.39 is 0 Å². The van der Waals surface area contributed by atoms with Crippen LogP contribution in [0.1, 0.15) is 43.0 Å². The average molecular weight is 387 g/mol. The van der Waals surface area contributed by atoms with Gasteiger partial charge < -0.3 is 15.0 Å². The van der Waals surface area contributed by atoms with Crippen molar-refractivity contribution >= 4 is 17.5 Å². The van der Waals surface area contributed by atoms with Crippen LogP contribution in [0.2, 0.25) is 5.02 Å². The molecule has 2 aromatic rings. The second kappa shape index (κ2) is 8.77. The van der Waals surface area contributed by atoms with Crippen LogP contribution in [-0.4, -0.2) is 31.5 Å². The van der Waals surface area contributed by atoms with Crippen LogP contribution in [0.25, 0.3) is 0 Å². The summed E-state index contributed by atoms with van der Waals surface area (Å²) in [6.07, 6.45) is 2.41. The zero-order chi connectivity index (χ0) is 19.4. The molecule has 2 atom stereocenters. The number of methoxy groups -OCH3 is 1. The van der Waals surface area contributed by atoms with Crippen LogP contribution in [0.3, 0.4) is 0 Å². The third-order valence-electron chi connectivity index (χ3n) is 5.37. The Hall–Kier alpha value is -2.04. The maximum Gasteiger partial charge on any atom is 0.236 e. The molecule has 144 valence electrons. The van der Waals surface area contributed by atoms with Crippen molar-refractivity contribution in [1.82, 2.24) is 10.2 Å². The number of benzene rings is 2. The molecule has 27 heavy (non-hydrogen) atoms. The number of hydrogen-bond donors (Lipinski definition) is 1. The summed E-state index contributed by atoms with van der Waals surface area (Å²) in [5.74, 6) is 1.53. The fourth-order valence-corrected chi connectivity index (χ4v) is 3.43. The van der Waals surface area contributed by atoms with Gasteiger partial charge in [-0.2, -0.15) is 0 Å². The number of nitrogens with one attached hydrogen (secondary N) is 1. The van der Waals surface area contributed by atoms with E-state index in [2.05, 4.69) is 17.4 Å². The van der Waals surface area contributed by atoms with Crippen molar-refractivity contribution < 1.29 is 9.53 Å². The van der Waals surface area contributed by atoms with Crippen LogP contribution in [0.4, 0.5) is 0 Å². The molecule has 1 N–H and O–H groups in total. The Morgan fingerprint density at radius 1 is 1.15 bits per heavy atom. The van der Waals surface area contributed by atoms with Gasteiger partial charge in [-0.1, -0.05) is 35.9 Å². The van der Waals surface area contributed by atoms with Crippen molar-refractivity contribution in [3.05, 3.63) is 64.7 Å². The minimum absolute atomic E-state index is 0.00284. The topological polar surface area (TPSA) is 41.6 Å². The van der Waals surface area contributed by atoms with Crippen molar-refractivity contribution in [2.75, 3.05) is 20.7 Å². The molecule has 1 amide bonds. The third-order valence-corrected chi connectivity index (χ3v) is 5.62. The fourth-order valence-electron chi connectivity index (χ4n) is 3.30. The lowest BCUT2D eigenvalue weighted by Gasteiger charge is -2.27. The molecule has 0 heterocycles. The first kappa shape index (κ1) is 19.7. The monoisotopic (exact) mass is 386 g/mol. The summed E-state index contributed by atoms with van der Waals surface area (Å²) in [4.78, 5) is 14.5. The third kappa shape index (κ3) is 5.02. The van der Waals surface area contributed by atoms with E-state index in [4.69, 9.17) is 16.3 Å². The minimum Gasteiger partial charge on any atom is -0.497 e. The normalized spacial score (nSPS) is 15.9. The van der Waals surface area contributed by atoms with E-state index in [0.29, 0.717) is 17.5 Å². The fraction of sp³-hybridized carbons (Fsp3) is 0.409. The number of carbonyl (C=O) groups excluding carboxylic acids is 1. The molecule has 0 bridgehead atoms.